The SMILES string of the molecule is CCOC(C)c1nc2c(c(=O)[nH]1)CCC2. The first-order valence-electron chi connectivity index (χ1n) is 5.46. The molecule has 0 aliphatic heterocycles. The number of fused-ring (bicyclic) bond motifs is 1. The molecule has 0 fully saturated rings. The lowest BCUT2D eigenvalue weighted by atomic mass is 10.2. The Kier molecular flexibility index (Phi) is 2.86. The number of nitrogens with zero attached hydrogens (tertiary/aromatic N) is 1. The minimum Gasteiger partial charge on any atom is -0.371 e. The molecular formula is C11H16N2O2. The quantitative estimate of drug-likeness (QED) is 0.815. The zero-order valence-electron chi connectivity index (χ0n) is 9.17. The number of nitrogens with one attached hydrogen (secondary N) is 1. The van der Waals surface area contributed by atoms with Gasteiger partial charge in [0.2, 0.25) is 0 Å². The highest BCUT2D eigenvalue weighted by molar-refractivity contribution is 5.23. The Hall–Kier alpha value is -1.16. The van der Waals surface area contributed by atoms with Crippen LogP contribution in [0.15, 0.2) is 4.79 Å². The van der Waals surface area contributed by atoms with E-state index in [4.69, 9.17) is 4.74 Å². The number of aromatic amines is 1. The van der Waals surface area contributed by atoms with Gasteiger partial charge < -0.3 is 9.72 Å². The van der Waals surface area contributed by atoms with Gasteiger partial charge in [-0.3, -0.25) is 4.79 Å². The molecule has 1 aliphatic rings. The van der Waals surface area contributed by atoms with Crippen molar-refractivity contribution in [2.45, 2.75) is 39.2 Å². The van der Waals surface area contributed by atoms with Crippen molar-refractivity contribution < 1.29 is 4.74 Å². The number of rotatable bonds is 3. The normalized spacial score (nSPS) is 16.4. The van der Waals surface area contributed by atoms with Crippen molar-refractivity contribution in [3.05, 3.63) is 27.4 Å². The highest BCUT2D eigenvalue weighted by atomic mass is 16.5. The highest BCUT2D eigenvalue weighted by Crippen LogP contribution is 2.18. The van der Waals surface area contributed by atoms with Crippen LogP contribution in [-0.2, 0) is 17.6 Å². The smallest absolute Gasteiger partial charge is 0.254 e. The van der Waals surface area contributed by atoms with Crippen LogP contribution in [0, 0.1) is 0 Å². The first-order valence-corrected chi connectivity index (χ1v) is 5.46. The first kappa shape index (κ1) is 10.4. The number of hydrogen-bond acceptors (Lipinski definition) is 3. The number of aromatic nitrogens is 2. The van der Waals surface area contributed by atoms with Gasteiger partial charge in [-0.05, 0) is 33.1 Å². The molecule has 0 bridgehead atoms. The largest absolute Gasteiger partial charge is 0.371 e. The Morgan fingerprint density at radius 1 is 1.53 bits per heavy atom. The lowest BCUT2D eigenvalue weighted by molar-refractivity contribution is 0.0697. The fourth-order valence-corrected chi connectivity index (χ4v) is 1.98. The van der Waals surface area contributed by atoms with Crippen LogP contribution in [0.4, 0.5) is 0 Å². The molecule has 82 valence electrons. The summed E-state index contributed by atoms with van der Waals surface area (Å²) < 4.78 is 5.41. The van der Waals surface area contributed by atoms with E-state index in [1.165, 1.54) is 0 Å². The third-order valence-corrected chi connectivity index (χ3v) is 2.76. The molecule has 1 heterocycles. The molecule has 0 saturated heterocycles. The highest BCUT2D eigenvalue weighted by Gasteiger charge is 2.19. The van der Waals surface area contributed by atoms with Crippen molar-refractivity contribution in [3.63, 3.8) is 0 Å². The molecule has 1 unspecified atom stereocenters. The second-order valence-electron chi connectivity index (χ2n) is 3.83. The number of ether oxygens (including phenoxy) is 1. The lowest BCUT2D eigenvalue weighted by Crippen LogP contribution is -2.19. The van der Waals surface area contributed by atoms with Crippen LogP contribution in [-0.4, -0.2) is 16.6 Å². The van der Waals surface area contributed by atoms with E-state index in [-0.39, 0.29) is 11.7 Å². The van der Waals surface area contributed by atoms with Crippen LogP contribution < -0.4 is 5.56 Å². The van der Waals surface area contributed by atoms with Gasteiger partial charge in [0.05, 0.1) is 5.69 Å². The van der Waals surface area contributed by atoms with Gasteiger partial charge in [-0.25, -0.2) is 4.98 Å². The van der Waals surface area contributed by atoms with Crippen LogP contribution in [0.1, 0.15) is 43.5 Å². The summed E-state index contributed by atoms with van der Waals surface area (Å²) in [4.78, 5) is 18.9. The van der Waals surface area contributed by atoms with Gasteiger partial charge in [0, 0.05) is 12.2 Å². The minimum absolute atomic E-state index is 0.0130. The number of hydrogen-bond donors (Lipinski definition) is 1. The van der Waals surface area contributed by atoms with Gasteiger partial charge in [-0.1, -0.05) is 0 Å². The van der Waals surface area contributed by atoms with E-state index in [9.17, 15) is 4.79 Å². The molecule has 0 aromatic carbocycles. The van der Waals surface area contributed by atoms with Crippen molar-refractivity contribution in [2.24, 2.45) is 0 Å². The van der Waals surface area contributed by atoms with Gasteiger partial charge in [-0.2, -0.15) is 0 Å². The van der Waals surface area contributed by atoms with E-state index in [1.54, 1.807) is 0 Å². The fraction of sp³-hybridized carbons (Fsp3) is 0.636. The predicted molar refractivity (Wildman–Crippen MR) is 56.9 cm³/mol. The Labute approximate surface area is 88.7 Å². The maximum Gasteiger partial charge on any atom is 0.254 e. The maximum atomic E-state index is 11.7. The molecule has 1 atom stereocenters. The molecule has 0 saturated carbocycles. The van der Waals surface area contributed by atoms with Gasteiger partial charge >= 0.3 is 0 Å². The van der Waals surface area contributed by atoms with E-state index in [1.807, 2.05) is 13.8 Å². The van der Waals surface area contributed by atoms with Crippen molar-refractivity contribution in [3.8, 4) is 0 Å². The second kappa shape index (κ2) is 4.14. The number of H-pyrrole nitrogens is 1. The van der Waals surface area contributed by atoms with E-state index >= 15 is 0 Å². The topological polar surface area (TPSA) is 55.0 Å². The Morgan fingerprint density at radius 3 is 3.07 bits per heavy atom. The van der Waals surface area contributed by atoms with Crippen LogP contribution >= 0.6 is 0 Å². The molecule has 0 spiro atoms. The van der Waals surface area contributed by atoms with Crippen LogP contribution in [0.25, 0.3) is 0 Å². The predicted octanol–water partition coefficient (Wildman–Crippen LogP) is 1.36. The summed E-state index contributed by atoms with van der Waals surface area (Å²) in [6.45, 7) is 4.47. The molecule has 0 amide bonds. The average Bonchev–Trinajstić information content (AvgIpc) is 2.66. The molecule has 15 heavy (non-hydrogen) atoms. The van der Waals surface area contributed by atoms with Gasteiger partial charge in [0.1, 0.15) is 11.9 Å². The first-order chi connectivity index (χ1) is 7.22. The molecule has 4 nitrogen and oxygen atoms in total. The second-order valence-corrected chi connectivity index (χ2v) is 3.83. The van der Waals surface area contributed by atoms with Gasteiger partial charge in [0.15, 0.2) is 0 Å². The summed E-state index contributed by atoms with van der Waals surface area (Å²) in [7, 11) is 0. The Balaban J connectivity index is 2.35. The Morgan fingerprint density at radius 2 is 2.33 bits per heavy atom. The summed E-state index contributed by atoms with van der Waals surface area (Å²) in [6, 6.07) is 0. The van der Waals surface area contributed by atoms with E-state index in [0.717, 1.165) is 30.5 Å². The average molecular weight is 208 g/mol. The van der Waals surface area contributed by atoms with Crippen LogP contribution in [0.3, 0.4) is 0 Å². The van der Waals surface area contributed by atoms with Crippen molar-refractivity contribution in [1.82, 2.24) is 9.97 Å². The molecule has 0 radical (unpaired) electrons. The molecule has 4 heteroatoms. The van der Waals surface area contributed by atoms with Crippen molar-refractivity contribution in [2.75, 3.05) is 6.61 Å². The summed E-state index contributed by atoms with van der Waals surface area (Å²) in [6.07, 6.45) is 2.69. The van der Waals surface area contributed by atoms with Gasteiger partial charge in [-0.15, -0.1) is 0 Å². The molecule has 1 aromatic rings. The van der Waals surface area contributed by atoms with E-state index in [0.29, 0.717) is 12.4 Å². The molecular weight excluding hydrogens is 192 g/mol. The molecule has 2 rings (SSSR count). The van der Waals surface area contributed by atoms with Crippen LogP contribution in [0.2, 0.25) is 0 Å². The minimum atomic E-state index is -0.131. The van der Waals surface area contributed by atoms with Crippen molar-refractivity contribution >= 4 is 0 Å². The third-order valence-electron chi connectivity index (χ3n) is 2.76. The zero-order chi connectivity index (χ0) is 10.8. The fourth-order valence-electron chi connectivity index (χ4n) is 1.98. The summed E-state index contributed by atoms with van der Waals surface area (Å²) in [5.41, 5.74) is 1.84. The zero-order valence-corrected chi connectivity index (χ0v) is 9.17. The van der Waals surface area contributed by atoms with Gasteiger partial charge in [0.25, 0.3) is 5.56 Å². The summed E-state index contributed by atoms with van der Waals surface area (Å²) >= 11 is 0. The number of aryl methyl sites for hydroxylation is 1. The third kappa shape index (κ3) is 1.95. The van der Waals surface area contributed by atoms with E-state index in [2.05, 4.69) is 9.97 Å². The van der Waals surface area contributed by atoms with E-state index < -0.39 is 0 Å². The standard InChI is InChI=1S/C11H16N2O2/c1-3-15-7(2)10-12-9-6-4-5-8(9)11(14)13-10/h7H,3-6H2,1-2H3,(H,12,13,14). The monoisotopic (exact) mass is 208 g/mol. The lowest BCUT2D eigenvalue weighted by Gasteiger charge is -2.11. The molecule has 1 aromatic heterocycles. The van der Waals surface area contributed by atoms with Crippen LogP contribution in [0.5, 0.6) is 0 Å². The maximum absolute atomic E-state index is 11.7. The molecule has 1 aliphatic carbocycles. The Bertz CT molecular complexity index is 412. The summed E-state index contributed by atoms with van der Waals surface area (Å²) in [5.74, 6) is 0.655. The molecule has 1 N–H and O–H groups in total. The van der Waals surface area contributed by atoms with Crippen molar-refractivity contribution in [1.29, 1.82) is 0 Å². The summed E-state index contributed by atoms with van der Waals surface area (Å²) in [5, 5.41) is 0.